The molecular weight excluding hydrogens is 256 g/mol. The molecule has 0 spiro atoms. The van der Waals surface area contributed by atoms with E-state index in [2.05, 4.69) is 0 Å². The average Bonchev–Trinajstić information content (AvgIpc) is 2.87. The largest absolute Gasteiger partial charge is 0.481 e. The molecule has 1 aliphatic carbocycles. The Hall–Kier alpha value is -1.41. The van der Waals surface area contributed by atoms with Gasteiger partial charge < -0.3 is 15.9 Å². The molecule has 1 saturated carbocycles. The van der Waals surface area contributed by atoms with Gasteiger partial charge in [-0.25, -0.2) is 0 Å². The number of carboxylic acids is 2. The molecule has 0 saturated heterocycles. The van der Waals surface area contributed by atoms with E-state index in [1.807, 2.05) is 0 Å². The minimum Gasteiger partial charge on any atom is -0.481 e. The van der Waals surface area contributed by atoms with Gasteiger partial charge in [0.2, 0.25) is 6.54 Å². The summed E-state index contributed by atoms with van der Waals surface area (Å²) in [4.78, 5) is 30.9. The zero-order chi connectivity index (χ0) is 12.5. The van der Waals surface area contributed by atoms with E-state index in [0.717, 1.165) is 0 Å². The number of hydrogen-bond donors (Lipinski definition) is 3. The van der Waals surface area contributed by atoms with Gasteiger partial charge in [0.1, 0.15) is 6.04 Å². The number of nitrogens with two attached hydrogens (primary N) is 1. The monoisotopic (exact) mass is 268 g/mol. The molecule has 0 heterocycles. The highest BCUT2D eigenvalue weighted by atomic mass is 35.5. The van der Waals surface area contributed by atoms with E-state index in [-0.39, 0.29) is 25.4 Å². The first-order valence-corrected chi connectivity index (χ1v) is 4.69. The van der Waals surface area contributed by atoms with Crippen molar-refractivity contribution in [1.82, 2.24) is 0 Å². The average molecular weight is 269 g/mol. The zero-order valence-electron chi connectivity index (χ0n) is 8.68. The molecule has 17 heavy (non-hydrogen) atoms. The summed E-state index contributed by atoms with van der Waals surface area (Å²) in [5.41, 5.74) is 5.31. The summed E-state index contributed by atoms with van der Waals surface area (Å²) in [6.07, 6.45) is 0.0512. The van der Waals surface area contributed by atoms with Crippen molar-refractivity contribution in [2.24, 2.45) is 23.5 Å². The molecule has 9 heteroatoms. The Labute approximate surface area is 102 Å². The number of carboxylic acid groups (broad SMARTS) is 2. The van der Waals surface area contributed by atoms with E-state index in [4.69, 9.17) is 15.9 Å². The Bertz CT molecular complexity index is 336. The van der Waals surface area contributed by atoms with Crippen LogP contribution in [0.25, 0.3) is 0 Å². The quantitative estimate of drug-likeness (QED) is 0.432. The van der Waals surface area contributed by atoms with Crippen LogP contribution in [0.2, 0.25) is 0 Å². The molecule has 1 fully saturated rings. The molecule has 8 nitrogen and oxygen atoms in total. The third kappa shape index (κ3) is 3.53. The lowest BCUT2D eigenvalue weighted by atomic mass is 10.1. The molecule has 0 radical (unpaired) electrons. The third-order valence-corrected chi connectivity index (χ3v) is 2.86. The van der Waals surface area contributed by atoms with Crippen molar-refractivity contribution >= 4 is 24.3 Å². The van der Waals surface area contributed by atoms with Crippen LogP contribution in [-0.4, -0.2) is 39.7 Å². The smallest absolute Gasteiger partial charge is 0.320 e. The normalized spacial score (nSPS) is 27.7. The fourth-order valence-electron chi connectivity index (χ4n) is 2.03. The second-order valence-corrected chi connectivity index (χ2v) is 3.81. The van der Waals surface area contributed by atoms with Gasteiger partial charge >= 0.3 is 11.9 Å². The molecule has 0 aromatic carbocycles. The van der Waals surface area contributed by atoms with E-state index in [9.17, 15) is 19.7 Å². The van der Waals surface area contributed by atoms with Gasteiger partial charge in [-0.2, -0.15) is 0 Å². The summed E-state index contributed by atoms with van der Waals surface area (Å²) in [6.45, 7) is -0.364. The van der Waals surface area contributed by atoms with Gasteiger partial charge in [-0.3, -0.25) is 19.7 Å². The maximum atomic E-state index is 10.7. The molecule has 1 rings (SSSR count). The van der Waals surface area contributed by atoms with Gasteiger partial charge in [-0.15, -0.1) is 12.4 Å². The highest BCUT2D eigenvalue weighted by Gasteiger charge is 2.59. The molecule has 0 aliphatic heterocycles. The molecular formula is C8H13ClN2O6. The van der Waals surface area contributed by atoms with E-state index in [1.54, 1.807) is 0 Å². The Morgan fingerprint density at radius 2 is 1.94 bits per heavy atom. The van der Waals surface area contributed by atoms with Gasteiger partial charge in [0.25, 0.3) is 0 Å². The summed E-state index contributed by atoms with van der Waals surface area (Å²) in [7, 11) is 0. The molecule has 98 valence electrons. The maximum absolute atomic E-state index is 10.7. The van der Waals surface area contributed by atoms with Crippen LogP contribution in [-0.2, 0) is 9.59 Å². The van der Waals surface area contributed by atoms with E-state index in [0.29, 0.717) is 0 Å². The number of nitro groups is 1. The number of carbonyl (C=O) groups is 2. The minimum atomic E-state index is -1.28. The molecule has 4 atom stereocenters. The summed E-state index contributed by atoms with van der Waals surface area (Å²) < 4.78 is 0. The van der Waals surface area contributed by atoms with E-state index in [1.165, 1.54) is 0 Å². The van der Waals surface area contributed by atoms with E-state index < -0.39 is 40.7 Å². The summed E-state index contributed by atoms with van der Waals surface area (Å²) in [5.74, 6) is -4.50. The number of nitrogens with zero attached hydrogens (tertiary/aromatic N) is 1. The molecule has 4 N–H and O–H groups in total. The number of aliphatic carboxylic acids is 2. The lowest BCUT2D eigenvalue weighted by Gasteiger charge is -2.03. The van der Waals surface area contributed by atoms with Crippen molar-refractivity contribution in [2.75, 3.05) is 6.54 Å². The van der Waals surface area contributed by atoms with Crippen molar-refractivity contribution in [3.05, 3.63) is 10.1 Å². The Morgan fingerprint density at radius 3 is 2.29 bits per heavy atom. The Kier molecular flexibility index (Phi) is 5.30. The summed E-state index contributed by atoms with van der Waals surface area (Å²) in [5, 5.41) is 27.5. The van der Waals surface area contributed by atoms with Crippen molar-refractivity contribution in [3.63, 3.8) is 0 Å². The second kappa shape index (κ2) is 5.78. The molecule has 0 bridgehead atoms. The van der Waals surface area contributed by atoms with Crippen LogP contribution < -0.4 is 5.73 Å². The molecule has 1 aliphatic rings. The summed E-state index contributed by atoms with van der Waals surface area (Å²) in [6, 6.07) is -1.27. The standard InChI is InChI=1S/C8H12N2O6.ClH/c9-6(8(13)14)4-3(1-2-10(15)16)5(4)7(11)12;/h3-6H,1-2,9H2,(H,11,12)(H,13,14);1H. The maximum Gasteiger partial charge on any atom is 0.320 e. The number of hydrogen-bond acceptors (Lipinski definition) is 5. The van der Waals surface area contributed by atoms with Crippen LogP contribution in [0.3, 0.4) is 0 Å². The van der Waals surface area contributed by atoms with Crippen molar-refractivity contribution in [3.8, 4) is 0 Å². The van der Waals surface area contributed by atoms with Gasteiger partial charge in [-0.1, -0.05) is 0 Å². The third-order valence-electron chi connectivity index (χ3n) is 2.86. The first-order valence-electron chi connectivity index (χ1n) is 4.69. The van der Waals surface area contributed by atoms with Gasteiger partial charge in [-0.05, 0) is 5.92 Å². The first-order chi connectivity index (χ1) is 7.36. The van der Waals surface area contributed by atoms with Crippen LogP contribution >= 0.6 is 12.4 Å². The zero-order valence-corrected chi connectivity index (χ0v) is 9.50. The summed E-state index contributed by atoms with van der Waals surface area (Å²) >= 11 is 0. The van der Waals surface area contributed by atoms with Crippen molar-refractivity contribution in [2.45, 2.75) is 12.5 Å². The van der Waals surface area contributed by atoms with Crippen LogP contribution in [0.5, 0.6) is 0 Å². The fourth-order valence-corrected chi connectivity index (χ4v) is 2.03. The lowest BCUT2D eigenvalue weighted by Crippen LogP contribution is -2.34. The molecule has 0 aromatic rings. The predicted octanol–water partition coefficient (Wildman–Crippen LogP) is -0.566. The highest BCUT2D eigenvalue weighted by Crippen LogP contribution is 2.50. The SMILES string of the molecule is Cl.NC(C(=O)O)C1C(CC[N+](=O)[O-])C1C(=O)O. The highest BCUT2D eigenvalue weighted by molar-refractivity contribution is 5.85. The molecule has 0 amide bonds. The van der Waals surface area contributed by atoms with Crippen LogP contribution in [0.15, 0.2) is 0 Å². The van der Waals surface area contributed by atoms with Crippen molar-refractivity contribution < 1.29 is 24.7 Å². The van der Waals surface area contributed by atoms with Crippen LogP contribution in [0.1, 0.15) is 6.42 Å². The fraction of sp³-hybridized carbons (Fsp3) is 0.750. The Morgan fingerprint density at radius 1 is 1.41 bits per heavy atom. The lowest BCUT2D eigenvalue weighted by molar-refractivity contribution is -0.481. The van der Waals surface area contributed by atoms with Gasteiger partial charge in [0.05, 0.1) is 5.92 Å². The molecule has 4 unspecified atom stereocenters. The number of halogens is 1. The number of rotatable bonds is 6. The van der Waals surface area contributed by atoms with Gasteiger partial charge in [0, 0.05) is 17.3 Å². The second-order valence-electron chi connectivity index (χ2n) is 3.81. The van der Waals surface area contributed by atoms with Crippen molar-refractivity contribution in [1.29, 1.82) is 0 Å². The van der Waals surface area contributed by atoms with Gasteiger partial charge in [0.15, 0.2) is 0 Å². The molecule has 0 aromatic heterocycles. The first kappa shape index (κ1) is 15.6. The van der Waals surface area contributed by atoms with Crippen LogP contribution in [0, 0.1) is 27.9 Å². The van der Waals surface area contributed by atoms with Crippen LogP contribution in [0.4, 0.5) is 0 Å². The minimum absolute atomic E-state index is 0. The van der Waals surface area contributed by atoms with E-state index >= 15 is 0 Å². The topological polar surface area (TPSA) is 144 Å². The predicted molar refractivity (Wildman–Crippen MR) is 57.4 cm³/mol. The Balaban J connectivity index is 0.00000256.